The first-order valence-electron chi connectivity index (χ1n) is 7.32. The number of halogens is 1. The van der Waals surface area contributed by atoms with Crippen molar-refractivity contribution in [3.05, 3.63) is 29.1 Å². The van der Waals surface area contributed by atoms with Gasteiger partial charge in [0, 0.05) is 6.42 Å². The van der Waals surface area contributed by atoms with E-state index in [4.69, 9.17) is 0 Å². The molecule has 1 aromatic rings. The van der Waals surface area contributed by atoms with Crippen LogP contribution < -0.4 is 10.8 Å². The summed E-state index contributed by atoms with van der Waals surface area (Å²) in [7, 11) is 1.61. The predicted octanol–water partition coefficient (Wildman–Crippen LogP) is -0.00540. The molecule has 0 saturated carbocycles. The Morgan fingerprint density at radius 2 is 1.87 bits per heavy atom. The Labute approximate surface area is 132 Å². The SMILES string of the molecule is CC[B]c1cc2c(cc1F)C(=O)N(C1CCC(=O)NC1=O)C2=O. The Kier molecular flexibility index (Phi) is 3.75. The summed E-state index contributed by atoms with van der Waals surface area (Å²) in [5.41, 5.74) is 0.281. The first kappa shape index (κ1) is 15.4. The molecule has 1 unspecified atom stereocenters. The summed E-state index contributed by atoms with van der Waals surface area (Å²) in [6, 6.07) is 1.32. The quantitative estimate of drug-likeness (QED) is 0.628. The van der Waals surface area contributed by atoms with Crippen LogP contribution >= 0.6 is 0 Å². The van der Waals surface area contributed by atoms with Crippen LogP contribution in [0.5, 0.6) is 0 Å². The number of amides is 4. The number of nitrogens with zero attached hydrogens (tertiary/aromatic N) is 1. The molecule has 0 spiro atoms. The van der Waals surface area contributed by atoms with Crippen molar-refractivity contribution in [1.82, 2.24) is 10.2 Å². The van der Waals surface area contributed by atoms with Gasteiger partial charge in [-0.15, -0.1) is 0 Å². The zero-order valence-corrected chi connectivity index (χ0v) is 12.4. The monoisotopic (exact) mass is 315 g/mol. The minimum Gasteiger partial charge on any atom is -0.295 e. The fourth-order valence-electron chi connectivity index (χ4n) is 2.88. The number of carbonyl (C=O) groups excluding carboxylic acids is 4. The molecule has 0 bridgehead atoms. The highest BCUT2D eigenvalue weighted by Crippen LogP contribution is 2.27. The molecule has 1 fully saturated rings. The molecule has 23 heavy (non-hydrogen) atoms. The molecule has 1 atom stereocenters. The van der Waals surface area contributed by atoms with Gasteiger partial charge in [0.05, 0.1) is 11.1 Å². The second-order valence-electron chi connectivity index (χ2n) is 5.48. The zero-order chi connectivity index (χ0) is 16.7. The van der Waals surface area contributed by atoms with Crippen LogP contribution in [0.4, 0.5) is 4.39 Å². The first-order valence-corrected chi connectivity index (χ1v) is 7.32. The van der Waals surface area contributed by atoms with Gasteiger partial charge in [-0.05, 0) is 12.5 Å². The Morgan fingerprint density at radius 1 is 1.22 bits per heavy atom. The van der Waals surface area contributed by atoms with E-state index in [0.717, 1.165) is 11.0 Å². The van der Waals surface area contributed by atoms with Gasteiger partial charge in [-0.2, -0.15) is 0 Å². The zero-order valence-electron chi connectivity index (χ0n) is 12.4. The first-order chi connectivity index (χ1) is 10.9. The number of piperidine rings is 1. The minimum absolute atomic E-state index is 0.0486. The molecule has 0 aromatic heterocycles. The van der Waals surface area contributed by atoms with Gasteiger partial charge in [-0.25, -0.2) is 4.39 Å². The number of hydrogen-bond acceptors (Lipinski definition) is 4. The minimum atomic E-state index is -1.04. The van der Waals surface area contributed by atoms with E-state index in [-0.39, 0.29) is 29.4 Å². The van der Waals surface area contributed by atoms with Crippen molar-refractivity contribution in [2.45, 2.75) is 32.1 Å². The molecule has 1 N–H and O–H groups in total. The summed E-state index contributed by atoms with van der Waals surface area (Å²) >= 11 is 0. The van der Waals surface area contributed by atoms with E-state index >= 15 is 0 Å². The van der Waals surface area contributed by atoms with E-state index in [1.54, 1.807) is 7.28 Å². The number of benzene rings is 1. The van der Waals surface area contributed by atoms with Crippen LogP contribution in [0.2, 0.25) is 6.32 Å². The van der Waals surface area contributed by atoms with Crippen molar-refractivity contribution >= 4 is 36.4 Å². The van der Waals surface area contributed by atoms with Gasteiger partial charge in [0.25, 0.3) is 11.8 Å². The van der Waals surface area contributed by atoms with E-state index in [2.05, 4.69) is 5.32 Å². The van der Waals surface area contributed by atoms with Crippen molar-refractivity contribution in [2.75, 3.05) is 0 Å². The second-order valence-corrected chi connectivity index (χ2v) is 5.48. The number of hydrogen-bond donors (Lipinski definition) is 1. The topological polar surface area (TPSA) is 83.6 Å². The highest BCUT2D eigenvalue weighted by Gasteiger charge is 2.44. The fourth-order valence-corrected chi connectivity index (χ4v) is 2.88. The molecule has 6 nitrogen and oxygen atoms in total. The fraction of sp³-hybridized carbons (Fsp3) is 0.333. The van der Waals surface area contributed by atoms with E-state index in [0.29, 0.717) is 6.32 Å². The van der Waals surface area contributed by atoms with Crippen LogP contribution in [0.3, 0.4) is 0 Å². The molecule has 1 saturated heterocycles. The Bertz CT molecular complexity index is 749. The van der Waals surface area contributed by atoms with E-state index in [1.165, 1.54) is 6.07 Å². The molecule has 0 aliphatic carbocycles. The van der Waals surface area contributed by atoms with Gasteiger partial charge in [-0.1, -0.05) is 24.8 Å². The lowest BCUT2D eigenvalue weighted by Gasteiger charge is -2.27. The molecular formula is C15H13BFN2O4. The van der Waals surface area contributed by atoms with Crippen molar-refractivity contribution in [3.8, 4) is 0 Å². The van der Waals surface area contributed by atoms with Crippen molar-refractivity contribution in [2.24, 2.45) is 0 Å². The van der Waals surface area contributed by atoms with Gasteiger partial charge in [0.15, 0.2) is 7.28 Å². The third kappa shape index (κ3) is 2.44. The van der Waals surface area contributed by atoms with E-state index in [9.17, 15) is 23.6 Å². The molecule has 3 rings (SSSR count). The second kappa shape index (κ2) is 5.60. The largest absolute Gasteiger partial charge is 0.295 e. The molecule has 2 heterocycles. The van der Waals surface area contributed by atoms with E-state index in [1.807, 2.05) is 6.92 Å². The van der Waals surface area contributed by atoms with Gasteiger partial charge >= 0.3 is 0 Å². The van der Waals surface area contributed by atoms with Crippen molar-refractivity contribution < 1.29 is 23.6 Å². The maximum absolute atomic E-state index is 14.0. The summed E-state index contributed by atoms with van der Waals surface area (Å²) in [5.74, 6) is -3.05. The molecule has 117 valence electrons. The standard InChI is InChI=1S/C15H13BFN2O4/c1-2-16-9-5-7-8(6-10(9)17)15(23)19(14(7)22)11-3-4-12(20)18-13(11)21/h5-6,11H,2-4H2,1H3,(H,18,20,21). The number of carbonyl (C=O) groups is 4. The summed E-state index contributed by atoms with van der Waals surface area (Å²) in [6.45, 7) is 1.83. The Morgan fingerprint density at radius 3 is 2.48 bits per heavy atom. The molecule has 2 aliphatic heterocycles. The van der Waals surface area contributed by atoms with Crippen LogP contribution in [0.15, 0.2) is 12.1 Å². The van der Waals surface area contributed by atoms with Gasteiger partial charge in [0.2, 0.25) is 11.8 Å². The highest BCUT2D eigenvalue weighted by molar-refractivity contribution is 6.53. The van der Waals surface area contributed by atoms with Crippen LogP contribution in [0.1, 0.15) is 40.5 Å². The van der Waals surface area contributed by atoms with Crippen LogP contribution in [-0.2, 0) is 9.59 Å². The van der Waals surface area contributed by atoms with Crippen LogP contribution in [-0.4, -0.2) is 41.8 Å². The number of nitrogens with one attached hydrogen (secondary N) is 1. The number of rotatable bonds is 3. The molecule has 1 aromatic carbocycles. The van der Waals surface area contributed by atoms with Crippen LogP contribution in [0, 0.1) is 5.82 Å². The average molecular weight is 315 g/mol. The Balaban J connectivity index is 1.97. The normalized spacial score (nSPS) is 20.6. The lowest BCUT2D eigenvalue weighted by molar-refractivity contribution is -0.136. The summed E-state index contributed by atoms with van der Waals surface area (Å²) in [5, 5.41) is 2.11. The number of imide groups is 2. The lowest BCUT2D eigenvalue weighted by atomic mass is 9.67. The lowest BCUT2D eigenvalue weighted by Crippen LogP contribution is -2.54. The van der Waals surface area contributed by atoms with Crippen molar-refractivity contribution in [1.29, 1.82) is 0 Å². The third-order valence-corrected chi connectivity index (χ3v) is 3.98. The van der Waals surface area contributed by atoms with Crippen LogP contribution in [0.25, 0.3) is 0 Å². The maximum atomic E-state index is 14.0. The van der Waals surface area contributed by atoms with Gasteiger partial charge < -0.3 is 0 Å². The van der Waals surface area contributed by atoms with Gasteiger partial charge in [-0.3, -0.25) is 29.4 Å². The predicted molar refractivity (Wildman–Crippen MR) is 78.9 cm³/mol. The van der Waals surface area contributed by atoms with Gasteiger partial charge in [0.1, 0.15) is 11.9 Å². The molecule has 2 aliphatic rings. The maximum Gasteiger partial charge on any atom is 0.262 e. The highest BCUT2D eigenvalue weighted by atomic mass is 19.1. The Hall–Kier alpha value is -2.51. The molecule has 1 radical (unpaired) electrons. The third-order valence-electron chi connectivity index (χ3n) is 3.98. The molecular weight excluding hydrogens is 302 g/mol. The van der Waals surface area contributed by atoms with Crippen molar-refractivity contribution in [3.63, 3.8) is 0 Å². The molecule has 8 heteroatoms. The van der Waals surface area contributed by atoms with E-state index < -0.39 is 35.5 Å². The average Bonchev–Trinajstić information content (AvgIpc) is 2.72. The summed E-state index contributed by atoms with van der Waals surface area (Å²) < 4.78 is 14.0. The summed E-state index contributed by atoms with van der Waals surface area (Å²) in [6.07, 6.45) is 0.703. The smallest absolute Gasteiger partial charge is 0.262 e. The molecule has 4 amide bonds. The summed E-state index contributed by atoms with van der Waals surface area (Å²) in [4.78, 5) is 48.9. The number of fused-ring (bicyclic) bond motifs is 1.